The van der Waals surface area contributed by atoms with Crippen LogP contribution in [0.5, 0.6) is 0 Å². The van der Waals surface area contributed by atoms with E-state index in [1.807, 2.05) is 0 Å². The van der Waals surface area contributed by atoms with E-state index in [0.29, 0.717) is 5.69 Å². The fraction of sp³-hybridized carbons (Fsp3) is 0.600. The molecule has 0 spiro atoms. The number of anilines is 1. The maximum absolute atomic E-state index is 13.7. The quantitative estimate of drug-likeness (QED) is 0.777. The van der Waals surface area contributed by atoms with Gasteiger partial charge in [-0.2, -0.15) is 0 Å². The molecule has 0 amide bonds. The second-order valence-corrected chi connectivity index (χ2v) is 6.00. The molecule has 1 aliphatic heterocycles. The van der Waals surface area contributed by atoms with Crippen molar-refractivity contribution in [2.45, 2.75) is 44.9 Å². The van der Waals surface area contributed by atoms with Crippen LogP contribution >= 0.6 is 0 Å². The molecule has 1 heterocycles. The number of hydrogen-bond donors (Lipinski definition) is 1. The first-order valence-corrected chi connectivity index (χ1v) is 6.83. The lowest BCUT2D eigenvalue weighted by Gasteiger charge is -2.39. The number of nitrogens with one attached hydrogen (secondary N) is 1. The van der Waals surface area contributed by atoms with Crippen molar-refractivity contribution in [1.82, 2.24) is 0 Å². The molecule has 1 fully saturated rings. The third kappa shape index (κ3) is 1.80. The van der Waals surface area contributed by atoms with Crippen LogP contribution in [0.2, 0.25) is 0 Å². The summed E-state index contributed by atoms with van der Waals surface area (Å²) in [5, 5.41) is 3.13. The van der Waals surface area contributed by atoms with Crippen molar-refractivity contribution < 1.29 is 8.78 Å². The van der Waals surface area contributed by atoms with Crippen molar-refractivity contribution in [3.8, 4) is 0 Å². The van der Waals surface area contributed by atoms with E-state index in [-0.39, 0.29) is 11.3 Å². The van der Waals surface area contributed by atoms with E-state index in [2.05, 4.69) is 12.2 Å². The standard InChI is InChI=1S/C15H19F2N/c1-15(5-3-2-4-6-15)12-9-18-14-11(12)7-10(16)8-13(14)17/h7-8,12,18H,2-6,9H2,1H3. The summed E-state index contributed by atoms with van der Waals surface area (Å²) in [5.41, 5.74) is 1.56. The minimum Gasteiger partial charge on any atom is -0.382 e. The van der Waals surface area contributed by atoms with Crippen LogP contribution in [0.4, 0.5) is 14.5 Å². The van der Waals surface area contributed by atoms with Crippen molar-refractivity contribution in [2.75, 3.05) is 11.9 Å². The molecule has 0 saturated heterocycles. The molecule has 0 bridgehead atoms. The van der Waals surface area contributed by atoms with Gasteiger partial charge in [0.25, 0.3) is 0 Å². The summed E-state index contributed by atoms with van der Waals surface area (Å²) >= 11 is 0. The van der Waals surface area contributed by atoms with Crippen LogP contribution in [0.1, 0.15) is 50.5 Å². The Bertz CT molecular complexity index is 464. The Morgan fingerprint density at radius 2 is 1.89 bits per heavy atom. The molecular weight excluding hydrogens is 232 g/mol. The van der Waals surface area contributed by atoms with Gasteiger partial charge in [-0.15, -0.1) is 0 Å². The molecule has 0 radical (unpaired) electrons. The summed E-state index contributed by atoms with van der Waals surface area (Å²) in [4.78, 5) is 0. The van der Waals surface area contributed by atoms with E-state index in [9.17, 15) is 8.78 Å². The minimum atomic E-state index is -0.459. The summed E-state index contributed by atoms with van der Waals surface area (Å²) in [6.45, 7) is 3.02. The molecule has 2 aliphatic rings. The van der Waals surface area contributed by atoms with Gasteiger partial charge < -0.3 is 5.32 Å². The Balaban J connectivity index is 1.99. The normalized spacial score (nSPS) is 25.6. The van der Waals surface area contributed by atoms with Gasteiger partial charge in [0.1, 0.15) is 11.6 Å². The first-order chi connectivity index (χ1) is 8.60. The van der Waals surface area contributed by atoms with E-state index in [1.165, 1.54) is 25.3 Å². The Morgan fingerprint density at radius 1 is 1.17 bits per heavy atom. The van der Waals surface area contributed by atoms with E-state index in [4.69, 9.17) is 0 Å². The smallest absolute Gasteiger partial charge is 0.149 e. The maximum atomic E-state index is 13.7. The molecular formula is C15H19F2N. The molecule has 1 aliphatic carbocycles. The number of rotatable bonds is 1. The molecule has 18 heavy (non-hydrogen) atoms. The maximum Gasteiger partial charge on any atom is 0.149 e. The van der Waals surface area contributed by atoms with Gasteiger partial charge in [-0.25, -0.2) is 8.78 Å². The van der Waals surface area contributed by atoms with Crippen molar-refractivity contribution in [3.63, 3.8) is 0 Å². The molecule has 1 N–H and O–H groups in total. The highest BCUT2D eigenvalue weighted by molar-refractivity contribution is 5.59. The van der Waals surface area contributed by atoms with E-state index in [0.717, 1.165) is 31.0 Å². The number of fused-ring (bicyclic) bond motifs is 1. The average molecular weight is 251 g/mol. The van der Waals surface area contributed by atoms with Crippen molar-refractivity contribution >= 4 is 5.69 Å². The molecule has 1 saturated carbocycles. The fourth-order valence-electron chi connectivity index (χ4n) is 3.70. The van der Waals surface area contributed by atoms with Crippen LogP contribution in [0.3, 0.4) is 0 Å². The van der Waals surface area contributed by atoms with Crippen LogP contribution in [0.15, 0.2) is 12.1 Å². The van der Waals surface area contributed by atoms with Gasteiger partial charge in [0.15, 0.2) is 0 Å². The Hall–Kier alpha value is -1.12. The molecule has 1 aromatic carbocycles. The number of benzene rings is 1. The predicted octanol–water partition coefficient (Wildman–Crippen LogP) is 4.44. The van der Waals surface area contributed by atoms with Crippen molar-refractivity contribution in [2.24, 2.45) is 5.41 Å². The van der Waals surface area contributed by atoms with Crippen LogP contribution < -0.4 is 5.32 Å². The third-order valence-electron chi connectivity index (χ3n) is 4.78. The lowest BCUT2D eigenvalue weighted by atomic mass is 9.66. The summed E-state index contributed by atoms with van der Waals surface area (Å²) < 4.78 is 27.1. The van der Waals surface area contributed by atoms with Crippen molar-refractivity contribution in [1.29, 1.82) is 0 Å². The highest BCUT2D eigenvalue weighted by atomic mass is 19.1. The zero-order chi connectivity index (χ0) is 12.8. The van der Waals surface area contributed by atoms with Gasteiger partial charge in [0.2, 0.25) is 0 Å². The molecule has 1 nitrogen and oxygen atoms in total. The van der Waals surface area contributed by atoms with Crippen LogP contribution in [0, 0.1) is 17.0 Å². The monoisotopic (exact) mass is 251 g/mol. The second-order valence-electron chi connectivity index (χ2n) is 6.00. The Labute approximate surface area is 107 Å². The Kier molecular flexibility index (Phi) is 2.80. The van der Waals surface area contributed by atoms with Gasteiger partial charge in [-0.1, -0.05) is 26.2 Å². The first-order valence-electron chi connectivity index (χ1n) is 6.83. The van der Waals surface area contributed by atoms with E-state index >= 15 is 0 Å². The van der Waals surface area contributed by atoms with Gasteiger partial charge >= 0.3 is 0 Å². The highest BCUT2D eigenvalue weighted by Gasteiger charge is 2.40. The first kappa shape index (κ1) is 11.9. The largest absolute Gasteiger partial charge is 0.382 e. The van der Waals surface area contributed by atoms with E-state index < -0.39 is 11.6 Å². The second kappa shape index (κ2) is 4.22. The van der Waals surface area contributed by atoms with Gasteiger partial charge in [-0.05, 0) is 29.9 Å². The van der Waals surface area contributed by atoms with Gasteiger partial charge in [-0.3, -0.25) is 0 Å². The zero-order valence-electron chi connectivity index (χ0n) is 10.7. The minimum absolute atomic E-state index is 0.191. The van der Waals surface area contributed by atoms with Crippen LogP contribution in [0.25, 0.3) is 0 Å². The van der Waals surface area contributed by atoms with Gasteiger partial charge in [0, 0.05) is 18.5 Å². The summed E-state index contributed by atoms with van der Waals surface area (Å²) in [5.74, 6) is -0.663. The van der Waals surface area contributed by atoms with Crippen LogP contribution in [-0.2, 0) is 0 Å². The predicted molar refractivity (Wildman–Crippen MR) is 68.8 cm³/mol. The SMILES string of the molecule is CC1(C2CNc3c(F)cc(F)cc32)CCCCC1. The number of hydrogen-bond acceptors (Lipinski definition) is 1. The molecule has 3 rings (SSSR count). The highest BCUT2D eigenvalue weighted by Crippen LogP contribution is 2.51. The Morgan fingerprint density at radius 3 is 2.61 bits per heavy atom. The molecule has 1 atom stereocenters. The van der Waals surface area contributed by atoms with Gasteiger partial charge in [0.05, 0.1) is 5.69 Å². The summed E-state index contributed by atoms with van der Waals surface area (Å²) in [7, 11) is 0. The summed E-state index contributed by atoms with van der Waals surface area (Å²) in [6.07, 6.45) is 6.09. The molecule has 0 aromatic heterocycles. The van der Waals surface area contributed by atoms with Crippen molar-refractivity contribution in [3.05, 3.63) is 29.3 Å². The summed E-state index contributed by atoms with van der Waals surface area (Å²) in [6, 6.07) is 2.49. The molecule has 1 unspecified atom stereocenters. The van der Waals surface area contributed by atoms with E-state index in [1.54, 1.807) is 0 Å². The number of halogens is 2. The lowest BCUT2D eigenvalue weighted by molar-refractivity contribution is 0.177. The molecule has 1 aromatic rings. The topological polar surface area (TPSA) is 12.0 Å². The third-order valence-corrected chi connectivity index (χ3v) is 4.78. The molecule has 3 heteroatoms. The lowest BCUT2D eigenvalue weighted by Crippen LogP contribution is -2.29. The molecule has 98 valence electrons. The fourth-order valence-corrected chi connectivity index (χ4v) is 3.70. The average Bonchev–Trinajstić information content (AvgIpc) is 2.74. The zero-order valence-corrected chi connectivity index (χ0v) is 10.7. The van der Waals surface area contributed by atoms with Crippen LogP contribution in [-0.4, -0.2) is 6.54 Å².